The molecular formula is C20H19N5O3. The molecule has 142 valence electrons. The Labute approximate surface area is 161 Å². The number of aromatic carboxylic acids is 1. The first-order valence-corrected chi connectivity index (χ1v) is 8.91. The highest BCUT2D eigenvalue weighted by Crippen LogP contribution is 2.30. The largest absolute Gasteiger partial charge is 0.478 e. The summed E-state index contributed by atoms with van der Waals surface area (Å²) < 4.78 is 5.45. The standard InChI is InChI=1S/C20H19N5O3/c26-19(27)15-10-14(11-21-12-15)17-13-22-20(23-16-4-2-1-3-5-16)24-18(17)25-6-8-28-9-7-25/h1-5,10-13H,6-9H2,(H,26,27)(H,22,23,24). The summed E-state index contributed by atoms with van der Waals surface area (Å²) in [5, 5.41) is 12.5. The Bertz CT molecular complexity index is 975. The predicted molar refractivity (Wildman–Crippen MR) is 105 cm³/mol. The van der Waals surface area contributed by atoms with E-state index in [2.05, 4.69) is 20.2 Å². The molecule has 2 N–H and O–H groups in total. The van der Waals surface area contributed by atoms with Gasteiger partial charge in [-0.05, 0) is 18.2 Å². The van der Waals surface area contributed by atoms with Crippen molar-refractivity contribution >= 4 is 23.4 Å². The first-order valence-electron chi connectivity index (χ1n) is 8.91. The summed E-state index contributed by atoms with van der Waals surface area (Å²) in [6.45, 7) is 2.61. The van der Waals surface area contributed by atoms with Crippen LogP contribution in [0.2, 0.25) is 0 Å². The molecule has 1 aliphatic rings. The molecule has 0 bridgehead atoms. The van der Waals surface area contributed by atoms with Gasteiger partial charge in [0.25, 0.3) is 0 Å². The van der Waals surface area contributed by atoms with Gasteiger partial charge in [-0.3, -0.25) is 4.98 Å². The third-order valence-electron chi connectivity index (χ3n) is 4.41. The van der Waals surface area contributed by atoms with Crippen molar-refractivity contribution in [2.75, 3.05) is 36.5 Å². The maximum Gasteiger partial charge on any atom is 0.337 e. The highest BCUT2D eigenvalue weighted by atomic mass is 16.5. The van der Waals surface area contributed by atoms with Crippen LogP contribution in [0.3, 0.4) is 0 Å². The Morgan fingerprint density at radius 3 is 2.64 bits per heavy atom. The van der Waals surface area contributed by atoms with Crippen LogP contribution in [-0.4, -0.2) is 52.3 Å². The van der Waals surface area contributed by atoms with E-state index in [9.17, 15) is 9.90 Å². The van der Waals surface area contributed by atoms with E-state index < -0.39 is 5.97 Å². The number of carboxylic acids is 1. The number of carbonyl (C=O) groups is 1. The van der Waals surface area contributed by atoms with Crippen molar-refractivity contribution in [3.05, 3.63) is 60.6 Å². The number of hydrogen-bond donors (Lipinski definition) is 2. The molecule has 1 aromatic carbocycles. The van der Waals surface area contributed by atoms with E-state index in [4.69, 9.17) is 9.72 Å². The Hall–Kier alpha value is -3.52. The molecule has 28 heavy (non-hydrogen) atoms. The van der Waals surface area contributed by atoms with Gasteiger partial charge in [0.15, 0.2) is 0 Å². The zero-order valence-corrected chi connectivity index (χ0v) is 15.1. The minimum atomic E-state index is -1.02. The van der Waals surface area contributed by atoms with E-state index in [-0.39, 0.29) is 5.56 Å². The van der Waals surface area contributed by atoms with E-state index >= 15 is 0 Å². The van der Waals surface area contributed by atoms with Crippen LogP contribution in [0.5, 0.6) is 0 Å². The SMILES string of the molecule is O=C(O)c1cncc(-c2cnc(Nc3ccccc3)nc2N2CCOCC2)c1. The highest BCUT2D eigenvalue weighted by molar-refractivity contribution is 5.89. The molecule has 0 unspecified atom stereocenters. The van der Waals surface area contributed by atoms with Gasteiger partial charge < -0.3 is 20.1 Å². The van der Waals surface area contributed by atoms with Crippen LogP contribution in [0.1, 0.15) is 10.4 Å². The molecule has 0 atom stereocenters. The van der Waals surface area contributed by atoms with Crippen molar-refractivity contribution in [3.63, 3.8) is 0 Å². The number of morpholine rings is 1. The van der Waals surface area contributed by atoms with Gasteiger partial charge in [-0.15, -0.1) is 0 Å². The fraction of sp³-hybridized carbons (Fsp3) is 0.200. The van der Waals surface area contributed by atoms with Crippen LogP contribution < -0.4 is 10.2 Å². The van der Waals surface area contributed by atoms with E-state index in [0.717, 1.165) is 17.1 Å². The normalized spacial score (nSPS) is 13.9. The lowest BCUT2D eigenvalue weighted by Gasteiger charge is -2.29. The van der Waals surface area contributed by atoms with Crippen LogP contribution >= 0.6 is 0 Å². The maximum absolute atomic E-state index is 11.3. The van der Waals surface area contributed by atoms with Crippen molar-refractivity contribution in [2.24, 2.45) is 0 Å². The van der Waals surface area contributed by atoms with Gasteiger partial charge in [-0.1, -0.05) is 18.2 Å². The molecule has 0 aliphatic carbocycles. The van der Waals surface area contributed by atoms with E-state index in [1.54, 1.807) is 18.5 Å². The van der Waals surface area contributed by atoms with Crippen molar-refractivity contribution in [1.82, 2.24) is 15.0 Å². The zero-order chi connectivity index (χ0) is 19.3. The van der Waals surface area contributed by atoms with E-state index in [0.29, 0.717) is 37.8 Å². The maximum atomic E-state index is 11.3. The molecule has 0 amide bonds. The van der Waals surface area contributed by atoms with Gasteiger partial charge in [0, 0.05) is 48.5 Å². The molecule has 4 rings (SSSR count). The molecule has 2 aromatic heterocycles. The van der Waals surface area contributed by atoms with E-state index in [1.165, 1.54) is 6.20 Å². The smallest absolute Gasteiger partial charge is 0.337 e. The molecule has 3 heterocycles. The van der Waals surface area contributed by atoms with Gasteiger partial charge in [-0.2, -0.15) is 4.98 Å². The number of hydrogen-bond acceptors (Lipinski definition) is 7. The molecule has 0 saturated carbocycles. The number of nitrogens with zero attached hydrogens (tertiary/aromatic N) is 4. The molecule has 3 aromatic rings. The molecule has 1 aliphatic heterocycles. The Morgan fingerprint density at radius 1 is 1.11 bits per heavy atom. The fourth-order valence-electron chi connectivity index (χ4n) is 3.01. The number of ether oxygens (including phenoxy) is 1. The molecule has 8 heteroatoms. The van der Waals surface area contributed by atoms with Gasteiger partial charge in [0.1, 0.15) is 5.82 Å². The lowest BCUT2D eigenvalue weighted by Crippen LogP contribution is -2.37. The first kappa shape index (κ1) is 17.9. The summed E-state index contributed by atoms with van der Waals surface area (Å²) in [4.78, 5) is 26.6. The zero-order valence-electron chi connectivity index (χ0n) is 15.1. The lowest BCUT2D eigenvalue weighted by molar-refractivity contribution is 0.0696. The second kappa shape index (κ2) is 8.01. The number of rotatable bonds is 5. The fourth-order valence-corrected chi connectivity index (χ4v) is 3.01. The quantitative estimate of drug-likeness (QED) is 0.700. The summed E-state index contributed by atoms with van der Waals surface area (Å²) >= 11 is 0. The van der Waals surface area contributed by atoms with Crippen molar-refractivity contribution in [1.29, 1.82) is 0 Å². The number of carboxylic acid groups (broad SMARTS) is 1. The molecule has 1 saturated heterocycles. The summed E-state index contributed by atoms with van der Waals surface area (Å²) in [6, 6.07) is 11.3. The van der Waals surface area contributed by atoms with Crippen LogP contribution in [0.15, 0.2) is 55.0 Å². The third kappa shape index (κ3) is 3.91. The predicted octanol–water partition coefficient (Wildman–Crippen LogP) is 2.82. The highest BCUT2D eigenvalue weighted by Gasteiger charge is 2.20. The van der Waals surface area contributed by atoms with Gasteiger partial charge in [0.05, 0.1) is 18.8 Å². The number of aromatic nitrogens is 3. The number of nitrogens with one attached hydrogen (secondary N) is 1. The second-order valence-electron chi connectivity index (χ2n) is 6.29. The second-order valence-corrected chi connectivity index (χ2v) is 6.29. The monoisotopic (exact) mass is 377 g/mol. The minimum Gasteiger partial charge on any atom is -0.478 e. The molecular weight excluding hydrogens is 358 g/mol. The summed E-state index contributed by atoms with van der Waals surface area (Å²) in [6.07, 6.45) is 4.65. The third-order valence-corrected chi connectivity index (χ3v) is 4.41. The van der Waals surface area contributed by atoms with Gasteiger partial charge in [-0.25, -0.2) is 9.78 Å². The van der Waals surface area contributed by atoms with Gasteiger partial charge in [0.2, 0.25) is 5.95 Å². The lowest BCUT2D eigenvalue weighted by atomic mass is 10.1. The average Bonchev–Trinajstić information content (AvgIpc) is 2.75. The molecule has 1 fully saturated rings. The Kier molecular flexibility index (Phi) is 5.11. The van der Waals surface area contributed by atoms with Crippen molar-refractivity contribution < 1.29 is 14.6 Å². The van der Waals surface area contributed by atoms with Crippen molar-refractivity contribution in [2.45, 2.75) is 0 Å². The number of pyridine rings is 1. The van der Waals surface area contributed by atoms with Crippen molar-refractivity contribution in [3.8, 4) is 11.1 Å². The summed E-state index contributed by atoms with van der Waals surface area (Å²) in [5.41, 5.74) is 2.40. The number of anilines is 3. The van der Waals surface area contributed by atoms with Crippen LogP contribution in [0.25, 0.3) is 11.1 Å². The topological polar surface area (TPSA) is 100 Å². The summed E-state index contributed by atoms with van der Waals surface area (Å²) in [7, 11) is 0. The minimum absolute atomic E-state index is 0.122. The Morgan fingerprint density at radius 2 is 1.89 bits per heavy atom. The number of benzene rings is 1. The molecule has 0 spiro atoms. The summed E-state index contributed by atoms with van der Waals surface area (Å²) in [5.74, 6) is 0.172. The van der Waals surface area contributed by atoms with Crippen LogP contribution in [0.4, 0.5) is 17.5 Å². The number of para-hydroxylation sites is 1. The molecule has 8 nitrogen and oxygen atoms in total. The average molecular weight is 377 g/mol. The van der Waals surface area contributed by atoms with Gasteiger partial charge >= 0.3 is 5.97 Å². The van der Waals surface area contributed by atoms with Crippen LogP contribution in [-0.2, 0) is 4.74 Å². The molecule has 0 radical (unpaired) electrons. The van der Waals surface area contributed by atoms with E-state index in [1.807, 2.05) is 30.3 Å². The first-order chi connectivity index (χ1) is 13.7. The Balaban J connectivity index is 1.74. The van der Waals surface area contributed by atoms with Crippen LogP contribution in [0, 0.1) is 0 Å².